The summed E-state index contributed by atoms with van der Waals surface area (Å²) in [5, 5.41) is 11.7. The van der Waals surface area contributed by atoms with Crippen molar-refractivity contribution in [3.63, 3.8) is 0 Å². The fourth-order valence-corrected chi connectivity index (χ4v) is 1.54. The summed E-state index contributed by atoms with van der Waals surface area (Å²) in [6.07, 6.45) is -3.34. The molecule has 1 aromatic carbocycles. The minimum atomic E-state index is -4.58. The predicted octanol–water partition coefficient (Wildman–Crippen LogP) is 2.64. The molecule has 1 heterocycles. The maximum absolute atomic E-state index is 12.6. The van der Waals surface area contributed by atoms with E-state index in [0.717, 1.165) is 6.07 Å². The van der Waals surface area contributed by atoms with Gasteiger partial charge in [-0.15, -0.1) is 0 Å². The largest absolute Gasteiger partial charge is 0.506 e. The number of nitrogens with two attached hydrogens (primary N) is 1. The summed E-state index contributed by atoms with van der Waals surface area (Å²) in [6.45, 7) is 0. The minimum Gasteiger partial charge on any atom is -0.506 e. The number of amides is 1. The first kappa shape index (κ1) is 14.6. The normalized spacial score (nSPS) is 11.2. The van der Waals surface area contributed by atoms with Crippen LogP contribution in [-0.2, 0) is 6.18 Å². The molecule has 0 bridgehead atoms. The first-order valence-corrected chi connectivity index (χ1v) is 5.70. The van der Waals surface area contributed by atoms with Gasteiger partial charge in [0.25, 0.3) is 5.91 Å². The van der Waals surface area contributed by atoms with Crippen molar-refractivity contribution in [2.75, 3.05) is 11.1 Å². The maximum atomic E-state index is 12.6. The Morgan fingerprint density at radius 1 is 1.24 bits per heavy atom. The van der Waals surface area contributed by atoms with Gasteiger partial charge in [0.1, 0.15) is 11.4 Å². The molecule has 110 valence electrons. The molecule has 2 aromatic rings. The number of hydrogen-bond acceptors (Lipinski definition) is 4. The highest BCUT2D eigenvalue weighted by Crippen LogP contribution is 2.34. The summed E-state index contributed by atoms with van der Waals surface area (Å²) in [7, 11) is 0. The van der Waals surface area contributed by atoms with Gasteiger partial charge in [-0.2, -0.15) is 13.2 Å². The fourth-order valence-electron chi connectivity index (χ4n) is 1.54. The number of anilines is 2. The van der Waals surface area contributed by atoms with Gasteiger partial charge in [-0.3, -0.25) is 4.79 Å². The van der Waals surface area contributed by atoms with Crippen molar-refractivity contribution >= 4 is 17.3 Å². The van der Waals surface area contributed by atoms with Crippen LogP contribution in [0.4, 0.5) is 24.5 Å². The van der Waals surface area contributed by atoms with Gasteiger partial charge in [0.15, 0.2) is 0 Å². The van der Waals surface area contributed by atoms with E-state index in [0.29, 0.717) is 17.8 Å². The molecule has 0 unspecified atom stereocenters. The fraction of sp³-hybridized carbons (Fsp3) is 0.0769. The molecule has 0 spiro atoms. The number of aromatic nitrogens is 1. The highest BCUT2D eigenvalue weighted by atomic mass is 19.4. The number of phenols is 1. The summed E-state index contributed by atoms with van der Waals surface area (Å²) in [6, 6.07) is 4.95. The lowest BCUT2D eigenvalue weighted by Gasteiger charge is -2.11. The molecule has 0 aliphatic heterocycles. The maximum Gasteiger partial charge on any atom is 0.416 e. The predicted molar refractivity (Wildman–Crippen MR) is 69.7 cm³/mol. The highest BCUT2D eigenvalue weighted by Gasteiger charge is 2.31. The molecule has 8 heteroatoms. The molecule has 0 saturated carbocycles. The summed E-state index contributed by atoms with van der Waals surface area (Å²) in [5.74, 6) is -1.24. The molecule has 0 aliphatic carbocycles. The summed E-state index contributed by atoms with van der Waals surface area (Å²) < 4.78 is 37.8. The Bertz CT molecular complexity index is 669. The molecule has 0 radical (unpaired) electrons. The van der Waals surface area contributed by atoms with Gasteiger partial charge in [0.05, 0.1) is 23.1 Å². The van der Waals surface area contributed by atoms with Gasteiger partial charge in [-0.05, 0) is 30.3 Å². The van der Waals surface area contributed by atoms with Gasteiger partial charge in [-0.25, -0.2) is 4.98 Å². The summed E-state index contributed by atoms with van der Waals surface area (Å²) >= 11 is 0. The Morgan fingerprint density at radius 2 is 1.95 bits per heavy atom. The topological polar surface area (TPSA) is 88.2 Å². The number of phenolic OH excluding ortho intramolecular Hbond substituents is 1. The molecule has 4 N–H and O–H groups in total. The van der Waals surface area contributed by atoms with Crippen molar-refractivity contribution in [1.29, 1.82) is 0 Å². The minimum absolute atomic E-state index is 0.0407. The van der Waals surface area contributed by atoms with Crippen LogP contribution in [0, 0.1) is 0 Å². The number of aromatic hydroxyl groups is 1. The first-order chi connectivity index (χ1) is 9.77. The van der Waals surface area contributed by atoms with E-state index in [1.807, 2.05) is 0 Å². The van der Waals surface area contributed by atoms with Crippen molar-refractivity contribution in [2.45, 2.75) is 6.18 Å². The van der Waals surface area contributed by atoms with E-state index >= 15 is 0 Å². The van der Waals surface area contributed by atoms with Gasteiger partial charge in [-0.1, -0.05) is 0 Å². The zero-order valence-corrected chi connectivity index (χ0v) is 10.5. The van der Waals surface area contributed by atoms with Gasteiger partial charge >= 0.3 is 6.18 Å². The molecular weight excluding hydrogens is 287 g/mol. The van der Waals surface area contributed by atoms with E-state index < -0.39 is 23.4 Å². The molecular formula is C13H10F3N3O2. The standard InChI is InChI=1S/C13H10F3N3O2/c14-13(15,16)7-1-4-11(20)10(5-7)19-12(21)9-3-2-8(17)6-18-9/h1-6,20H,17H2,(H,19,21). The molecule has 1 aromatic heterocycles. The molecule has 0 atom stereocenters. The monoisotopic (exact) mass is 297 g/mol. The Kier molecular flexibility index (Phi) is 3.70. The Labute approximate surface area is 117 Å². The van der Waals surface area contributed by atoms with Crippen molar-refractivity contribution in [3.05, 3.63) is 47.8 Å². The quantitative estimate of drug-likeness (QED) is 0.743. The van der Waals surface area contributed by atoms with Crippen LogP contribution in [0.2, 0.25) is 0 Å². The molecule has 1 amide bonds. The van der Waals surface area contributed by atoms with E-state index in [2.05, 4.69) is 10.3 Å². The Balaban J connectivity index is 2.26. The highest BCUT2D eigenvalue weighted by molar-refractivity contribution is 6.03. The number of alkyl halides is 3. The van der Waals surface area contributed by atoms with Crippen molar-refractivity contribution in [1.82, 2.24) is 4.98 Å². The lowest BCUT2D eigenvalue weighted by atomic mass is 10.1. The van der Waals surface area contributed by atoms with Gasteiger partial charge in [0.2, 0.25) is 0 Å². The van der Waals surface area contributed by atoms with Crippen molar-refractivity contribution in [3.8, 4) is 5.75 Å². The number of pyridine rings is 1. The molecule has 5 nitrogen and oxygen atoms in total. The third kappa shape index (κ3) is 3.41. The summed E-state index contributed by atoms with van der Waals surface area (Å²) in [4.78, 5) is 15.6. The van der Waals surface area contributed by atoms with Gasteiger partial charge in [0, 0.05) is 0 Å². The smallest absolute Gasteiger partial charge is 0.416 e. The third-order valence-electron chi connectivity index (χ3n) is 2.59. The molecule has 2 rings (SSSR count). The number of benzene rings is 1. The molecule has 21 heavy (non-hydrogen) atoms. The molecule has 0 fully saturated rings. The number of carbonyl (C=O) groups is 1. The second-order valence-electron chi connectivity index (χ2n) is 4.16. The molecule has 0 aliphatic rings. The van der Waals surface area contributed by atoms with Crippen molar-refractivity contribution in [2.24, 2.45) is 0 Å². The second-order valence-corrected chi connectivity index (χ2v) is 4.16. The van der Waals surface area contributed by atoms with Crippen LogP contribution in [0.3, 0.4) is 0 Å². The van der Waals surface area contributed by atoms with Crippen LogP contribution in [0.25, 0.3) is 0 Å². The average molecular weight is 297 g/mol. The van der Waals surface area contributed by atoms with Crippen LogP contribution in [0.1, 0.15) is 16.1 Å². The van der Waals surface area contributed by atoms with Crippen LogP contribution in [-0.4, -0.2) is 16.0 Å². The number of rotatable bonds is 2. The van der Waals surface area contributed by atoms with Gasteiger partial charge < -0.3 is 16.2 Å². The van der Waals surface area contributed by atoms with E-state index in [9.17, 15) is 23.1 Å². The van der Waals surface area contributed by atoms with E-state index in [1.165, 1.54) is 18.3 Å². The van der Waals surface area contributed by atoms with Crippen molar-refractivity contribution < 1.29 is 23.1 Å². The van der Waals surface area contributed by atoms with E-state index in [-0.39, 0.29) is 11.4 Å². The second kappa shape index (κ2) is 5.31. The van der Waals surface area contributed by atoms with Crippen LogP contribution >= 0.6 is 0 Å². The van der Waals surface area contributed by atoms with Crippen LogP contribution in [0.5, 0.6) is 5.75 Å². The van der Waals surface area contributed by atoms with E-state index in [1.54, 1.807) is 0 Å². The number of halogens is 3. The zero-order valence-electron chi connectivity index (χ0n) is 10.5. The average Bonchev–Trinajstić information content (AvgIpc) is 2.40. The first-order valence-electron chi connectivity index (χ1n) is 5.70. The number of hydrogen-bond donors (Lipinski definition) is 3. The van der Waals surface area contributed by atoms with Crippen LogP contribution < -0.4 is 11.1 Å². The molecule has 0 saturated heterocycles. The lowest BCUT2D eigenvalue weighted by molar-refractivity contribution is -0.137. The third-order valence-corrected chi connectivity index (χ3v) is 2.59. The number of nitrogens with one attached hydrogen (secondary N) is 1. The summed E-state index contributed by atoms with van der Waals surface area (Å²) in [5.41, 5.74) is 4.37. The van der Waals surface area contributed by atoms with Crippen LogP contribution in [0.15, 0.2) is 36.5 Å². The number of carbonyl (C=O) groups excluding carboxylic acids is 1. The lowest BCUT2D eigenvalue weighted by Crippen LogP contribution is -2.14. The Hall–Kier alpha value is -2.77. The number of nitrogens with zero attached hydrogens (tertiary/aromatic N) is 1. The SMILES string of the molecule is Nc1ccc(C(=O)Nc2cc(C(F)(F)F)ccc2O)nc1. The Morgan fingerprint density at radius 3 is 2.52 bits per heavy atom. The zero-order chi connectivity index (χ0) is 15.6. The number of nitrogen functional groups attached to an aromatic ring is 1. The van der Waals surface area contributed by atoms with E-state index in [4.69, 9.17) is 5.73 Å².